The number of methoxy groups -OCH3 is 1. The summed E-state index contributed by atoms with van der Waals surface area (Å²) in [6.45, 7) is 5.40. The van der Waals surface area contributed by atoms with Crippen LogP contribution in [0.25, 0.3) is 0 Å². The fourth-order valence-corrected chi connectivity index (χ4v) is 3.76. The van der Waals surface area contributed by atoms with Gasteiger partial charge in [-0.25, -0.2) is 5.43 Å². The van der Waals surface area contributed by atoms with Gasteiger partial charge in [-0.05, 0) is 48.9 Å². The van der Waals surface area contributed by atoms with E-state index in [0.717, 1.165) is 23.6 Å². The third-order valence-electron chi connectivity index (χ3n) is 5.41. The van der Waals surface area contributed by atoms with E-state index in [1.165, 1.54) is 31.5 Å². The first-order valence-electron chi connectivity index (χ1n) is 9.89. The van der Waals surface area contributed by atoms with Gasteiger partial charge in [0, 0.05) is 24.0 Å². The van der Waals surface area contributed by atoms with E-state index in [2.05, 4.69) is 16.6 Å². The molecule has 29 heavy (non-hydrogen) atoms. The Labute approximate surface area is 170 Å². The number of hydrazone groups is 1. The number of hydrogen-bond donors (Lipinski definition) is 2. The van der Waals surface area contributed by atoms with Gasteiger partial charge in [-0.15, -0.1) is 0 Å². The predicted octanol–water partition coefficient (Wildman–Crippen LogP) is 1.76. The summed E-state index contributed by atoms with van der Waals surface area (Å²) in [5, 5.41) is 4.29. The van der Waals surface area contributed by atoms with Crippen LogP contribution in [0, 0.1) is 0 Å². The molecule has 2 aromatic rings. The molecule has 0 atom stereocenters. The number of rotatable bonds is 6. The number of fused-ring (bicyclic) bond motifs is 1. The predicted molar refractivity (Wildman–Crippen MR) is 109 cm³/mol. The van der Waals surface area contributed by atoms with Crippen LogP contribution in [-0.4, -0.2) is 38.6 Å². The largest absolute Gasteiger partial charge is 0.496 e. The van der Waals surface area contributed by atoms with Crippen molar-refractivity contribution in [3.05, 3.63) is 53.1 Å². The Bertz CT molecular complexity index is 936. The molecule has 0 radical (unpaired) electrons. The van der Waals surface area contributed by atoms with Gasteiger partial charge < -0.3 is 19.1 Å². The molecule has 0 aromatic heterocycles. The lowest BCUT2D eigenvalue weighted by Crippen LogP contribution is -3.08. The van der Waals surface area contributed by atoms with Crippen LogP contribution in [0.3, 0.4) is 0 Å². The third kappa shape index (κ3) is 4.35. The first-order chi connectivity index (χ1) is 14.1. The Kier molecular flexibility index (Phi) is 5.67. The number of carbonyl (C=O) groups excluding carboxylic acids is 1. The average Bonchev–Trinajstić information content (AvgIpc) is 3.42. The molecule has 1 amide bonds. The molecule has 1 fully saturated rings. The molecule has 4 rings (SSSR count). The topological polar surface area (TPSA) is 73.6 Å². The molecule has 2 aliphatic heterocycles. The lowest BCUT2D eigenvalue weighted by atomic mass is 10.1. The van der Waals surface area contributed by atoms with Gasteiger partial charge in [-0.3, -0.25) is 4.79 Å². The number of ether oxygens (including phenoxy) is 3. The van der Waals surface area contributed by atoms with E-state index in [1.807, 2.05) is 19.1 Å². The van der Waals surface area contributed by atoms with Gasteiger partial charge in [0.15, 0.2) is 11.5 Å². The van der Waals surface area contributed by atoms with Crippen LogP contribution in [0.2, 0.25) is 0 Å². The van der Waals surface area contributed by atoms with Crippen molar-refractivity contribution in [3.8, 4) is 17.2 Å². The average molecular weight is 396 g/mol. The van der Waals surface area contributed by atoms with E-state index < -0.39 is 0 Å². The second-order valence-electron chi connectivity index (χ2n) is 7.37. The van der Waals surface area contributed by atoms with Crippen molar-refractivity contribution in [1.82, 2.24) is 5.43 Å². The lowest BCUT2D eigenvalue weighted by molar-refractivity contribution is -0.901. The molecule has 152 valence electrons. The van der Waals surface area contributed by atoms with Crippen molar-refractivity contribution in [3.63, 3.8) is 0 Å². The number of quaternary nitrogens is 1. The maximum Gasteiger partial charge on any atom is 0.271 e. The van der Waals surface area contributed by atoms with Gasteiger partial charge in [0.1, 0.15) is 12.3 Å². The molecule has 0 bridgehead atoms. The summed E-state index contributed by atoms with van der Waals surface area (Å²) in [7, 11) is 1.70. The fraction of sp³-hybridized carbons (Fsp3) is 0.364. The number of amides is 1. The second kappa shape index (κ2) is 8.53. The van der Waals surface area contributed by atoms with Crippen LogP contribution in [0.1, 0.15) is 41.3 Å². The van der Waals surface area contributed by atoms with Crippen molar-refractivity contribution in [1.29, 1.82) is 0 Å². The molecule has 0 spiro atoms. The van der Waals surface area contributed by atoms with Crippen LogP contribution in [0.5, 0.6) is 17.2 Å². The summed E-state index contributed by atoms with van der Waals surface area (Å²) in [5.74, 6) is 1.82. The molecule has 0 saturated carbocycles. The van der Waals surface area contributed by atoms with Crippen LogP contribution in [-0.2, 0) is 6.54 Å². The number of hydrogen-bond acceptors (Lipinski definition) is 5. The fourth-order valence-electron chi connectivity index (χ4n) is 3.76. The summed E-state index contributed by atoms with van der Waals surface area (Å²) in [4.78, 5) is 14.0. The third-order valence-corrected chi connectivity index (χ3v) is 5.41. The zero-order valence-corrected chi connectivity index (χ0v) is 16.8. The molecule has 2 aromatic carbocycles. The van der Waals surface area contributed by atoms with Gasteiger partial charge in [0.05, 0.1) is 25.9 Å². The van der Waals surface area contributed by atoms with E-state index in [1.54, 1.807) is 30.2 Å². The van der Waals surface area contributed by atoms with Gasteiger partial charge >= 0.3 is 0 Å². The number of nitrogens with zero attached hydrogens (tertiary/aromatic N) is 1. The highest BCUT2D eigenvalue weighted by Crippen LogP contribution is 2.32. The van der Waals surface area contributed by atoms with E-state index >= 15 is 0 Å². The Hall–Kier alpha value is -3.06. The standard InChI is InChI=1S/C22H25N3O4/c1-15(23-24-22(26)17-6-8-20-21(12-17)29-14-28-20)16-5-7-19(27-2)18(11-16)13-25-9-3-4-10-25/h5-8,11-12H,3-4,9-10,13-14H2,1-2H3,(H,24,26)/p+1/b23-15-. The van der Waals surface area contributed by atoms with Gasteiger partial charge in [-0.2, -0.15) is 5.10 Å². The smallest absolute Gasteiger partial charge is 0.271 e. The Morgan fingerprint density at radius 3 is 2.66 bits per heavy atom. The monoisotopic (exact) mass is 396 g/mol. The normalized spacial score (nSPS) is 16.1. The van der Waals surface area contributed by atoms with Crippen molar-refractivity contribution < 1.29 is 23.9 Å². The summed E-state index contributed by atoms with van der Waals surface area (Å²) in [6.07, 6.45) is 2.56. The number of likely N-dealkylation sites (tertiary alicyclic amines) is 1. The maximum absolute atomic E-state index is 12.4. The first-order valence-corrected chi connectivity index (χ1v) is 9.89. The van der Waals surface area contributed by atoms with Crippen LogP contribution in [0.15, 0.2) is 41.5 Å². The minimum atomic E-state index is -0.294. The van der Waals surface area contributed by atoms with Gasteiger partial charge in [0.2, 0.25) is 6.79 Å². The number of carbonyl (C=O) groups is 1. The zero-order chi connectivity index (χ0) is 20.2. The molecular formula is C22H26N3O4+. The first kappa shape index (κ1) is 19.3. The van der Waals surface area contributed by atoms with Crippen molar-refractivity contribution in [2.45, 2.75) is 26.3 Å². The van der Waals surface area contributed by atoms with E-state index in [-0.39, 0.29) is 12.7 Å². The van der Waals surface area contributed by atoms with E-state index in [9.17, 15) is 4.79 Å². The van der Waals surface area contributed by atoms with Crippen LogP contribution < -0.4 is 24.5 Å². The highest BCUT2D eigenvalue weighted by molar-refractivity contribution is 6.01. The summed E-state index contributed by atoms with van der Waals surface area (Å²) in [6, 6.07) is 11.1. The minimum Gasteiger partial charge on any atom is -0.496 e. The number of nitrogens with one attached hydrogen (secondary N) is 2. The highest BCUT2D eigenvalue weighted by Gasteiger charge is 2.19. The molecule has 0 unspecified atom stereocenters. The van der Waals surface area contributed by atoms with Crippen molar-refractivity contribution in [2.75, 3.05) is 27.0 Å². The number of benzene rings is 2. The zero-order valence-electron chi connectivity index (χ0n) is 16.8. The molecule has 2 aliphatic rings. The molecule has 2 N–H and O–H groups in total. The van der Waals surface area contributed by atoms with Gasteiger partial charge in [0.25, 0.3) is 5.91 Å². The van der Waals surface area contributed by atoms with Crippen molar-refractivity contribution >= 4 is 11.6 Å². The molecule has 7 heteroatoms. The Morgan fingerprint density at radius 1 is 1.10 bits per heavy atom. The van der Waals surface area contributed by atoms with Crippen LogP contribution in [0.4, 0.5) is 0 Å². The second-order valence-corrected chi connectivity index (χ2v) is 7.37. The molecular weight excluding hydrogens is 370 g/mol. The van der Waals surface area contributed by atoms with Gasteiger partial charge in [-0.1, -0.05) is 0 Å². The molecule has 1 saturated heterocycles. The quantitative estimate of drug-likeness (QED) is 0.577. The Morgan fingerprint density at radius 2 is 1.86 bits per heavy atom. The van der Waals surface area contributed by atoms with E-state index in [4.69, 9.17) is 14.2 Å². The molecule has 2 heterocycles. The summed E-state index contributed by atoms with van der Waals surface area (Å²) < 4.78 is 16.1. The van der Waals surface area contributed by atoms with Crippen molar-refractivity contribution in [2.24, 2.45) is 5.10 Å². The highest BCUT2D eigenvalue weighted by atomic mass is 16.7. The summed E-state index contributed by atoms with van der Waals surface area (Å²) in [5.41, 5.74) is 5.96. The summed E-state index contributed by atoms with van der Waals surface area (Å²) >= 11 is 0. The molecule has 7 nitrogen and oxygen atoms in total. The van der Waals surface area contributed by atoms with Crippen LogP contribution >= 0.6 is 0 Å². The Balaban J connectivity index is 1.47. The molecule has 0 aliphatic carbocycles. The van der Waals surface area contributed by atoms with E-state index in [0.29, 0.717) is 17.1 Å². The SMILES string of the molecule is COc1ccc(/C(C)=N\NC(=O)c2ccc3c(c2)OCO3)cc1C[NH+]1CCCC1. The lowest BCUT2D eigenvalue weighted by Gasteiger charge is -2.15. The maximum atomic E-state index is 12.4. The minimum absolute atomic E-state index is 0.177.